The molecule has 0 unspecified atom stereocenters. The van der Waals surface area contributed by atoms with Gasteiger partial charge in [0.25, 0.3) is 0 Å². The van der Waals surface area contributed by atoms with E-state index in [0.717, 1.165) is 0 Å². The molecule has 0 radical (unpaired) electrons. The standard InChI is InChI=1S/C14H12F2O2/c1-9(17)13-8-11(16)5-6-14(13)18-12-4-2-3-10(15)7-12/h2-9,17H,1H3/t9-/m0/s1. The SMILES string of the molecule is C[C@H](O)c1cc(F)ccc1Oc1cccc(F)c1. The quantitative estimate of drug-likeness (QED) is 0.897. The Labute approximate surface area is 103 Å². The van der Waals surface area contributed by atoms with Gasteiger partial charge < -0.3 is 9.84 Å². The first-order valence-corrected chi connectivity index (χ1v) is 5.47. The van der Waals surface area contributed by atoms with Crippen molar-refractivity contribution in [1.82, 2.24) is 0 Å². The second-order valence-electron chi connectivity index (χ2n) is 3.92. The molecule has 2 aromatic rings. The third-order valence-corrected chi connectivity index (χ3v) is 2.45. The summed E-state index contributed by atoms with van der Waals surface area (Å²) in [6, 6.07) is 9.43. The van der Waals surface area contributed by atoms with Crippen LogP contribution in [0.25, 0.3) is 0 Å². The lowest BCUT2D eigenvalue weighted by atomic mass is 10.1. The van der Waals surface area contributed by atoms with Crippen molar-refractivity contribution in [2.75, 3.05) is 0 Å². The normalized spacial score (nSPS) is 12.2. The fourth-order valence-electron chi connectivity index (χ4n) is 1.60. The van der Waals surface area contributed by atoms with Gasteiger partial charge in [0.15, 0.2) is 0 Å². The van der Waals surface area contributed by atoms with E-state index in [-0.39, 0.29) is 0 Å². The monoisotopic (exact) mass is 250 g/mol. The molecule has 2 aromatic carbocycles. The molecule has 2 nitrogen and oxygen atoms in total. The van der Waals surface area contributed by atoms with Gasteiger partial charge in [0.2, 0.25) is 0 Å². The molecule has 2 rings (SSSR count). The van der Waals surface area contributed by atoms with Crippen LogP contribution in [0.15, 0.2) is 42.5 Å². The van der Waals surface area contributed by atoms with Crippen molar-refractivity contribution >= 4 is 0 Å². The van der Waals surface area contributed by atoms with Gasteiger partial charge >= 0.3 is 0 Å². The zero-order chi connectivity index (χ0) is 13.1. The van der Waals surface area contributed by atoms with Crippen LogP contribution < -0.4 is 4.74 Å². The van der Waals surface area contributed by atoms with Crippen LogP contribution in [0.3, 0.4) is 0 Å². The molecule has 0 aromatic heterocycles. The van der Waals surface area contributed by atoms with E-state index in [1.54, 1.807) is 6.07 Å². The Bertz CT molecular complexity index is 553. The highest BCUT2D eigenvalue weighted by Crippen LogP contribution is 2.30. The van der Waals surface area contributed by atoms with E-state index in [1.165, 1.54) is 43.3 Å². The molecule has 94 valence electrons. The molecule has 18 heavy (non-hydrogen) atoms. The van der Waals surface area contributed by atoms with Gasteiger partial charge in [-0.1, -0.05) is 6.07 Å². The number of halogens is 2. The topological polar surface area (TPSA) is 29.5 Å². The number of aliphatic hydroxyl groups is 1. The first-order chi connectivity index (χ1) is 8.56. The molecule has 0 amide bonds. The lowest BCUT2D eigenvalue weighted by Gasteiger charge is -2.13. The third-order valence-electron chi connectivity index (χ3n) is 2.45. The summed E-state index contributed by atoms with van der Waals surface area (Å²) in [6.45, 7) is 1.51. The highest BCUT2D eigenvalue weighted by atomic mass is 19.1. The maximum Gasteiger partial charge on any atom is 0.133 e. The van der Waals surface area contributed by atoms with Gasteiger partial charge in [0.1, 0.15) is 23.1 Å². The number of rotatable bonds is 3. The number of hydrogen-bond acceptors (Lipinski definition) is 2. The van der Waals surface area contributed by atoms with E-state index >= 15 is 0 Å². The predicted molar refractivity (Wildman–Crippen MR) is 63.5 cm³/mol. The molecule has 0 bridgehead atoms. The predicted octanol–water partition coefficient (Wildman–Crippen LogP) is 3.81. The van der Waals surface area contributed by atoms with Gasteiger partial charge in [0.05, 0.1) is 6.10 Å². The molecular weight excluding hydrogens is 238 g/mol. The lowest BCUT2D eigenvalue weighted by Crippen LogP contribution is -1.97. The average molecular weight is 250 g/mol. The molecule has 0 saturated carbocycles. The van der Waals surface area contributed by atoms with E-state index in [0.29, 0.717) is 17.1 Å². The van der Waals surface area contributed by atoms with Crippen molar-refractivity contribution in [1.29, 1.82) is 0 Å². The maximum atomic E-state index is 13.1. The molecule has 0 aliphatic carbocycles. The van der Waals surface area contributed by atoms with Crippen LogP contribution in [0.1, 0.15) is 18.6 Å². The zero-order valence-electron chi connectivity index (χ0n) is 9.73. The average Bonchev–Trinajstić information content (AvgIpc) is 2.31. The first-order valence-electron chi connectivity index (χ1n) is 5.47. The van der Waals surface area contributed by atoms with Crippen molar-refractivity contribution < 1.29 is 18.6 Å². The third kappa shape index (κ3) is 2.84. The minimum absolute atomic E-state index is 0.295. The summed E-state index contributed by atoms with van der Waals surface area (Å²) in [5, 5.41) is 9.54. The molecule has 0 aliphatic rings. The van der Waals surface area contributed by atoms with Crippen molar-refractivity contribution in [3.63, 3.8) is 0 Å². The molecule has 0 aliphatic heterocycles. The minimum atomic E-state index is -0.871. The van der Waals surface area contributed by atoms with Crippen molar-refractivity contribution in [3.8, 4) is 11.5 Å². The van der Waals surface area contributed by atoms with E-state index in [4.69, 9.17) is 4.74 Å². The molecule has 0 fully saturated rings. The second kappa shape index (κ2) is 5.14. The summed E-state index contributed by atoms with van der Waals surface area (Å²) in [4.78, 5) is 0. The van der Waals surface area contributed by atoms with E-state index in [1.807, 2.05) is 0 Å². The van der Waals surface area contributed by atoms with Crippen molar-refractivity contribution in [2.24, 2.45) is 0 Å². The van der Waals surface area contributed by atoms with E-state index in [9.17, 15) is 13.9 Å². The summed E-state index contributed by atoms with van der Waals surface area (Å²) in [5.41, 5.74) is 0.319. The zero-order valence-corrected chi connectivity index (χ0v) is 9.73. The van der Waals surface area contributed by atoms with Crippen LogP contribution in [0.5, 0.6) is 11.5 Å². The van der Waals surface area contributed by atoms with Crippen molar-refractivity contribution in [2.45, 2.75) is 13.0 Å². The van der Waals surface area contributed by atoms with Crippen LogP contribution in [0.4, 0.5) is 8.78 Å². The van der Waals surface area contributed by atoms with Gasteiger partial charge in [0, 0.05) is 11.6 Å². The highest BCUT2D eigenvalue weighted by Gasteiger charge is 2.11. The Morgan fingerprint density at radius 1 is 1.06 bits per heavy atom. The van der Waals surface area contributed by atoms with Gasteiger partial charge in [-0.15, -0.1) is 0 Å². The molecule has 0 spiro atoms. The summed E-state index contributed by atoms with van der Waals surface area (Å²) in [5.74, 6) is -0.286. The number of ether oxygens (including phenoxy) is 1. The van der Waals surface area contributed by atoms with Gasteiger partial charge in [-0.05, 0) is 37.3 Å². The Morgan fingerprint density at radius 3 is 2.44 bits per heavy atom. The Hall–Kier alpha value is -1.94. The molecule has 4 heteroatoms. The fourth-order valence-corrected chi connectivity index (χ4v) is 1.60. The molecule has 1 atom stereocenters. The van der Waals surface area contributed by atoms with E-state index in [2.05, 4.69) is 0 Å². The number of benzene rings is 2. The largest absolute Gasteiger partial charge is 0.457 e. The van der Waals surface area contributed by atoms with Gasteiger partial charge in [-0.25, -0.2) is 8.78 Å². The van der Waals surface area contributed by atoms with Crippen LogP contribution in [0, 0.1) is 11.6 Å². The minimum Gasteiger partial charge on any atom is -0.457 e. The van der Waals surface area contributed by atoms with Crippen LogP contribution >= 0.6 is 0 Å². The number of hydrogen-bond donors (Lipinski definition) is 1. The van der Waals surface area contributed by atoms with Crippen LogP contribution in [-0.2, 0) is 0 Å². The highest BCUT2D eigenvalue weighted by molar-refractivity contribution is 5.39. The van der Waals surface area contributed by atoms with Crippen LogP contribution in [0.2, 0.25) is 0 Å². The molecule has 0 saturated heterocycles. The number of aliphatic hydroxyl groups excluding tert-OH is 1. The fraction of sp³-hybridized carbons (Fsp3) is 0.143. The van der Waals surface area contributed by atoms with E-state index < -0.39 is 17.7 Å². The molecule has 0 heterocycles. The molecular formula is C14H12F2O2. The summed E-state index contributed by atoms with van der Waals surface area (Å²) in [7, 11) is 0. The maximum absolute atomic E-state index is 13.1. The van der Waals surface area contributed by atoms with Gasteiger partial charge in [-0.2, -0.15) is 0 Å². The molecule has 1 N–H and O–H groups in total. The van der Waals surface area contributed by atoms with Crippen LogP contribution in [-0.4, -0.2) is 5.11 Å². The Balaban J connectivity index is 2.34. The first kappa shape index (κ1) is 12.5. The van der Waals surface area contributed by atoms with Crippen molar-refractivity contribution in [3.05, 3.63) is 59.7 Å². The smallest absolute Gasteiger partial charge is 0.133 e. The summed E-state index contributed by atoms with van der Waals surface area (Å²) < 4.78 is 31.5. The summed E-state index contributed by atoms with van der Waals surface area (Å²) in [6.07, 6.45) is -0.871. The second-order valence-corrected chi connectivity index (χ2v) is 3.92. The summed E-state index contributed by atoms with van der Waals surface area (Å²) >= 11 is 0. The van der Waals surface area contributed by atoms with Gasteiger partial charge in [-0.3, -0.25) is 0 Å². The Morgan fingerprint density at radius 2 is 1.78 bits per heavy atom. The Kier molecular flexibility index (Phi) is 3.58. The lowest BCUT2D eigenvalue weighted by molar-refractivity contribution is 0.195.